The molecule has 9 heteroatoms. The highest BCUT2D eigenvalue weighted by atomic mass is 16.6. The van der Waals surface area contributed by atoms with Crippen LogP contribution in [0.3, 0.4) is 0 Å². The van der Waals surface area contributed by atoms with Crippen molar-refractivity contribution in [1.82, 2.24) is 19.5 Å². The summed E-state index contributed by atoms with van der Waals surface area (Å²) in [5.74, 6) is 6.42. The number of unbranched alkanes of at least 4 members (excludes halogenated alkanes) is 4. The van der Waals surface area contributed by atoms with E-state index in [4.69, 9.17) is 10.5 Å². The molecule has 3 rings (SSSR count). The van der Waals surface area contributed by atoms with Crippen molar-refractivity contribution in [2.24, 2.45) is 0 Å². The van der Waals surface area contributed by atoms with Crippen LogP contribution in [0.15, 0.2) is 6.33 Å². The fraction of sp³-hybridized carbons (Fsp3) is 0.611. The molecule has 1 aliphatic heterocycles. The van der Waals surface area contributed by atoms with Crippen molar-refractivity contribution < 1.29 is 20.1 Å². The van der Waals surface area contributed by atoms with Crippen LogP contribution in [-0.4, -0.2) is 59.8 Å². The van der Waals surface area contributed by atoms with Gasteiger partial charge in [-0.25, -0.2) is 15.0 Å². The fourth-order valence-corrected chi connectivity index (χ4v) is 3.07. The lowest BCUT2D eigenvalue weighted by molar-refractivity contribution is -0.0511. The lowest BCUT2D eigenvalue weighted by Crippen LogP contribution is -2.33. The molecule has 27 heavy (non-hydrogen) atoms. The molecule has 9 nitrogen and oxygen atoms in total. The van der Waals surface area contributed by atoms with Crippen LogP contribution < -0.4 is 5.73 Å². The lowest BCUT2D eigenvalue weighted by Gasteiger charge is -2.16. The standard InChI is InChI=1S/C18H25N5O4/c1-2-3-4-5-6-7-8-12-21-16(19)13-17(22-12)23(10-20-13)18-15(26)14(25)11(9-24)27-18/h10-11,14-15,18,24-26H,2-6,9H2,1H3,(H2,19,21,22)/t11-,14+,15?,18-/m1/s1. The Bertz CT molecular complexity index is 843. The predicted octanol–water partition coefficient (Wildman–Crippen LogP) is 0.342. The Morgan fingerprint density at radius 2 is 2.04 bits per heavy atom. The molecule has 2 aromatic rings. The molecule has 2 aromatic heterocycles. The van der Waals surface area contributed by atoms with Crippen LogP contribution in [0.4, 0.5) is 5.82 Å². The molecule has 1 saturated heterocycles. The molecule has 0 aliphatic carbocycles. The zero-order valence-corrected chi connectivity index (χ0v) is 15.2. The van der Waals surface area contributed by atoms with Gasteiger partial charge in [0, 0.05) is 6.42 Å². The lowest BCUT2D eigenvalue weighted by atomic mass is 10.1. The number of nitrogens with zero attached hydrogens (tertiary/aromatic N) is 4. The van der Waals surface area contributed by atoms with Crippen LogP contribution in [0.1, 0.15) is 51.1 Å². The number of ether oxygens (including phenoxy) is 1. The van der Waals surface area contributed by atoms with Crippen LogP contribution >= 0.6 is 0 Å². The van der Waals surface area contributed by atoms with Crippen LogP contribution in [0.2, 0.25) is 0 Å². The molecule has 146 valence electrons. The van der Waals surface area contributed by atoms with Gasteiger partial charge in [0.2, 0.25) is 5.82 Å². The van der Waals surface area contributed by atoms with Crippen molar-refractivity contribution in [3.63, 3.8) is 0 Å². The minimum absolute atomic E-state index is 0.181. The van der Waals surface area contributed by atoms with Crippen LogP contribution in [0.25, 0.3) is 11.2 Å². The van der Waals surface area contributed by atoms with Crippen molar-refractivity contribution >= 4 is 17.0 Å². The van der Waals surface area contributed by atoms with Crippen molar-refractivity contribution in [2.75, 3.05) is 12.3 Å². The Labute approximate surface area is 157 Å². The third-order valence-corrected chi connectivity index (χ3v) is 4.60. The summed E-state index contributed by atoms with van der Waals surface area (Å²) in [7, 11) is 0. The number of imidazole rings is 1. The number of hydrogen-bond donors (Lipinski definition) is 4. The molecule has 3 heterocycles. The van der Waals surface area contributed by atoms with E-state index in [2.05, 4.69) is 33.7 Å². The number of fused-ring (bicyclic) bond motifs is 1. The summed E-state index contributed by atoms with van der Waals surface area (Å²) >= 11 is 0. The topological polar surface area (TPSA) is 140 Å². The molecule has 0 aromatic carbocycles. The summed E-state index contributed by atoms with van der Waals surface area (Å²) in [6.45, 7) is 1.75. The maximum Gasteiger partial charge on any atom is 0.208 e. The van der Waals surface area contributed by atoms with Crippen LogP contribution in [0, 0.1) is 11.8 Å². The monoisotopic (exact) mass is 375 g/mol. The quantitative estimate of drug-likeness (QED) is 0.419. The van der Waals surface area contributed by atoms with E-state index in [1.165, 1.54) is 23.7 Å². The maximum atomic E-state index is 10.2. The highest BCUT2D eigenvalue weighted by Crippen LogP contribution is 2.31. The van der Waals surface area contributed by atoms with Crippen molar-refractivity contribution in [3.8, 4) is 11.8 Å². The van der Waals surface area contributed by atoms with E-state index in [9.17, 15) is 15.3 Å². The second-order valence-corrected chi connectivity index (χ2v) is 6.60. The molecule has 4 atom stereocenters. The minimum Gasteiger partial charge on any atom is -0.394 e. The molecular formula is C18H25N5O4. The SMILES string of the molecule is CCCCCCC#Cc1nc(N)c2ncn([C@@H]3O[C@H](CO)[C@H](O)C3O)c2n1. The van der Waals surface area contributed by atoms with Gasteiger partial charge in [0.25, 0.3) is 0 Å². The van der Waals surface area contributed by atoms with Gasteiger partial charge >= 0.3 is 0 Å². The molecule has 5 N–H and O–H groups in total. The van der Waals surface area contributed by atoms with Crippen molar-refractivity contribution in [2.45, 2.75) is 63.6 Å². The summed E-state index contributed by atoms with van der Waals surface area (Å²) in [6, 6.07) is 0. The Morgan fingerprint density at radius 1 is 1.22 bits per heavy atom. The van der Waals surface area contributed by atoms with Crippen molar-refractivity contribution in [1.29, 1.82) is 0 Å². The van der Waals surface area contributed by atoms with E-state index >= 15 is 0 Å². The van der Waals surface area contributed by atoms with Gasteiger partial charge in [0.05, 0.1) is 12.9 Å². The number of aromatic nitrogens is 4. The Hall–Kier alpha value is -2.25. The number of nitrogen functional groups attached to an aromatic ring is 1. The largest absolute Gasteiger partial charge is 0.394 e. The summed E-state index contributed by atoms with van der Waals surface area (Å²) in [4.78, 5) is 12.7. The number of hydrogen-bond acceptors (Lipinski definition) is 8. The first-order chi connectivity index (χ1) is 13.1. The average molecular weight is 375 g/mol. The highest BCUT2D eigenvalue weighted by Gasteiger charge is 2.44. The predicted molar refractivity (Wildman–Crippen MR) is 98.4 cm³/mol. The molecule has 0 amide bonds. The second-order valence-electron chi connectivity index (χ2n) is 6.60. The highest BCUT2D eigenvalue weighted by molar-refractivity contribution is 5.82. The Kier molecular flexibility index (Phi) is 6.23. The van der Waals surface area contributed by atoms with E-state index in [1.54, 1.807) is 0 Å². The number of aliphatic hydroxyl groups excluding tert-OH is 3. The van der Waals surface area contributed by atoms with E-state index < -0.39 is 31.1 Å². The minimum atomic E-state index is -1.23. The average Bonchev–Trinajstić information content (AvgIpc) is 3.20. The normalized spacial score (nSPS) is 24.9. The summed E-state index contributed by atoms with van der Waals surface area (Å²) in [6.07, 6.45) is 2.45. The number of rotatable bonds is 6. The van der Waals surface area contributed by atoms with Gasteiger partial charge < -0.3 is 25.8 Å². The van der Waals surface area contributed by atoms with Crippen molar-refractivity contribution in [3.05, 3.63) is 12.2 Å². The van der Waals surface area contributed by atoms with Gasteiger partial charge in [0.15, 0.2) is 17.7 Å². The number of aliphatic hydroxyl groups is 3. The van der Waals surface area contributed by atoms with Crippen LogP contribution in [0.5, 0.6) is 0 Å². The van der Waals surface area contributed by atoms with Gasteiger partial charge in [-0.2, -0.15) is 0 Å². The zero-order chi connectivity index (χ0) is 19.4. The summed E-state index contributed by atoms with van der Waals surface area (Å²) in [5, 5.41) is 29.5. The molecule has 0 bridgehead atoms. The third-order valence-electron chi connectivity index (χ3n) is 4.60. The van der Waals surface area contributed by atoms with Gasteiger partial charge in [0.1, 0.15) is 23.8 Å². The molecule has 1 fully saturated rings. The van der Waals surface area contributed by atoms with E-state index in [1.807, 2.05) is 0 Å². The van der Waals surface area contributed by atoms with Crippen LogP contribution in [-0.2, 0) is 4.74 Å². The molecule has 1 aliphatic rings. The maximum absolute atomic E-state index is 10.2. The molecule has 0 spiro atoms. The Balaban J connectivity index is 1.84. The zero-order valence-electron chi connectivity index (χ0n) is 15.2. The number of nitrogens with two attached hydrogens (primary N) is 1. The smallest absolute Gasteiger partial charge is 0.208 e. The number of anilines is 1. The molecule has 0 saturated carbocycles. The van der Waals surface area contributed by atoms with E-state index in [0.29, 0.717) is 11.2 Å². The van der Waals surface area contributed by atoms with Gasteiger partial charge in [-0.1, -0.05) is 32.1 Å². The van der Waals surface area contributed by atoms with E-state index in [0.717, 1.165) is 19.3 Å². The summed E-state index contributed by atoms with van der Waals surface area (Å²) in [5.41, 5.74) is 6.68. The molecule has 0 radical (unpaired) electrons. The Morgan fingerprint density at radius 3 is 2.74 bits per heavy atom. The van der Waals surface area contributed by atoms with Gasteiger partial charge in [-0.05, 0) is 12.3 Å². The fourth-order valence-electron chi connectivity index (χ4n) is 3.07. The molecule has 1 unspecified atom stereocenters. The van der Waals surface area contributed by atoms with Gasteiger partial charge in [-0.15, -0.1) is 0 Å². The second kappa shape index (κ2) is 8.63. The third kappa shape index (κ3) is 4.04. The molecular weight excluding hydrogens is 350 g/mol. The first-order valence-corrected chi connectivity index (χ1v) is 9.18. The first kappa shape index (κ1) is 19.5. The van der Waals surface area contributed by atoms with E-state index in [-0.39, 0.29) is 11.6 Å². The summed E-state index contributed by atoms with van der Waals surface area (Å²) < 4.78 is 7.01. The first-order valence-electron chi connectivity index (χ1n) is 9.18. The van der Waals surface area contributed by atoms with Gasteiger partial charge in [-0.3, -0.25) is 4.57 Å².